The summed E-state index contributed by atoms with van der Waals surface area (Å²) in [6.07, 6.45) is 0.839. The molecule has 0 spiro atoms. The fourth-order valence-corrected chi connectivity index (χ4v) is 1.64. The smallest absolute Gasteiger partial charge is 0.171 e. The lowest BCUT2D eigenvalue weighted by Crippen LogP contribution is -2.39. The fraction of sp³-hybridized carbons (Fsp3) is 0.417. The van der Waals surface area contributed by atoms with Gasteiger partial charge >= 0.3 is 0 Å². The van der Waals surface area contributed by atoms with Crippen LogP contribution in [0.25, 0.3) is 0 Å². The van der Waals surface area contributed by atoms with Crippen molar-refractivity contribution in [2.24, 2.45) is 0 Å². The first-order valence-electron chi connectivity index (χ1n) is 5.40. The normalized spacial score (nSPS) is 11.9. The van der Waals surface area contributed by atoms with E-state index in [9.17, 15) is 0 Å². The van der Waals surface area contributed by atoms with Crippen molar-refractivity contribution in [2.45, 2.75) is 26.3 Å². The first-order valence-corrected chi connectivity index (χ1v) is 5.81. The lowest BCUT2D eigenvalue weighted by atomic mass is 10.2. The van der Waals surface area contributed by atoms with Gasteiger partial charge in [-0.25, -0.2) is 0 Å². The minimum atomic E-state index is 0.0183. The van der Waals surface area contributed by atoms with Crippen molar-refractivity contribution >= 4 is 23.0 Å². The highest BCUT2D eigenvalue weighted by atomic mass is 32.1. The van der Waals surface area contributed by atoms with Crippen LogP contribution >= 0.6 is 12.2 Å². The van der Waals surface area contributed by atoms with Gasteiger partial charge in [0, 0.05) is 5.69 Å². The van der Waals surface area contributed by atoms with Crippen LogP contribution < -0.4 is 10.6 Å². The van der Waals surface area contributed by atoms with Crippen LogP contribution in [0.15, 0.2) is 24.3 Å². The summed E-state index contributed by atoms with van der Waals surface area (Å²) in [4.78, 5) is 0. The average Bonchev–Trinajstić information content (AvgIpc) is 2.26. The van der Waals surface area contributed by atoms with Crippen LogP contribution in [0.4, 0.5) is 5.69 Å². The van der Waals surface area contributed by atoms with Crippen molar-refractivity contribution in [1.29, 1.82) is 0 Å². The molecular formula is C12H18N2OS. The molecule has 0 aromatic heterocycles. The van der Waals surface area contributed by atoms with Crippen molar-refractivity contribution in [3.63, 3.8) is 0 Å². The number of aliphatic hydroxyl groups is 1. The van der Waals surface area contributed by atoms with E-state index in [4.69, 9.17) is 17.3 Å². The van der Waals surface area contributed by atoms with E-state index in [0.717, 1.165) is 12.1 Å². The number of thiocarbonyl (C=S) groups is 1. The maximum Gasteiger partial charge on any atom is 0.171 e. The summed E-state index contributed by atoms with van der Waals surface area (Å²) < 4.78 is 0. The predicted octanol–water partition coefficient (Wildman–Crippen LogP) is 2.05. The van der Waals surface area contributed by atoms with Gasteiger partial charge in [-0.05, 0) is 43.3 Å². The number of nitrogens with one attached hydrogen (secondary N) is 2. The van der Waals surface area contributed by atoms with Gasteiger partial charge in [0.15, 0.2) is 5.11 Å². The zero-order chi connectivity index (χ0) is 12.0. The molecule has 0 saturated heterocycles. The highest BCUT2D eigenvalue weighted by Gasteiger charge is 2.05. The van der Waals surface area contributed by atoms with Gasteiger partial charge in [-0.2, -0.15) is 0 Å². The molecule has 1 atom stereocenters. The molecule has 3 nitrogen and oxygen atoms in total. The summed E-state index contributed by atoms with van der Waals surface area (Å²) >= 11 is 5.15. The second-order valence-corrected chi connectivity index (χ2v) is 4.16. The average molecular weight is 238 g/mol. The van der Waals surface area contributed by atoms with Gasteiger partial charge in [0.2, 0.25) is 0 Å². The fourth-order valence-electron chi connectivity index (χ4n) is 1.35. The van der Waals surface area contributed by atoms with E-state index in [2.05, 4.69) is 10.6 Å². The molecule has 1 aromatic rings. The van der Waals surface area contributed by atoms with Gasteiger partial charge in [0.25, 0.3) is 0 Å². The van der Waals surface area contributed by atoms with Crippen molar-refractivity contribution in [1.82, 2.24) is 5.32 Å². The Balaban J connectivity index is 2.51. The third-order valence-electron chi connectivity index (χ3n) is 2.32. The predicted molar refractivity (Wildman–Crippen MR) is 71.7 cm³/mol. The monoisotopic (exact) mass is 238 g/mol. The molecule has 3 N–H and O–H groups in total. The summed E-state index contributed by atoms with van der Waals surface area (Å²) in [5.74, 6) is 0. The number of hydrogen-bond acceptors (Lipinski definition) is 2. The number of aliphatic hydroxyl groups excluding tert-OH is 1. The van der Waals surface area contributed by atoms with E-state index in [-0.39, 0.29) is 12.6 Å². The Morgan fingerprint density at radius 2 is 2.25 bits per heavy atom. The van der Waals surface area contributed by atoms with Gasteiger partial charge < -0.3 is 15.7 Å². The van der Waals surface area contributed by atoms with Gasteiger partial charge in [-0.1, -0.05) is 19.1 Å². The Labute approximate surface area is 102 Å². The van der Waals surface area contributed by atoms with Crippen LogP contribution in [0.3, 0.4) is 0 Å². The number of aryl methyl sites for hydroxylation is 1. The van der Waals surface area contributed by atoms with E-state index in [0.29, 0.717) is 5.11 Å². The second kappa shape index (κ2) is 6.45. The minimum absolute atomic E-state index is 0.0183. The maximum absolute atomic E-state index is 9.04. The molecule has 88 valence electrons. The number of benzene rings is 1. The molecule has 4 heteroatoms. The van der Waals surface area contributed by atoms with Crippen molar-refractivity contribution in [3.05, 3.63) is 29.8 Å². The molecular weight excluding hydrogens is 220 g/mol. The van der Waals surface area contributed by atoms with E-state index in [1.807, 2.05) is 38.1 Å². The molecule has 0 aliphatic carbocycles. The Morgan fingerprint density at radius 3 is 2.81 bits per heavy atom. The zero-order valence-corrected chi connectivity index (χ0v) is 10.5. The third kappa shape index (κ3) is 4.16. The van der Waals surface area contributed by atoms with Gasteiger partial charge in [-0.15, -0.1) is 0 Å². The SMILES string of the molecule is CCC(CO)NC(=S)Nc1cccc(C)c1. The molecule has 0 aliphatic rings. The van der Waals surface area contributed by atoms with Crippen LogP contribution in [0.1, 0.15) is 18.9 Å². The minimum Gasteiger partial charge on any atom is -0.394 e. The second-order valence-electron chi connectivity index (χ2n) is 3.76. The molecule has 16 heavy (non-hydrogen) atoms. The summed E-state index contributed by atoms with van der Waals surface area (Å²) in [6.45, 7) is 4.12. The lowest BCUT2D eigenvalue weighted by molar-refractivity contribution is 0.253. The van der Waals surface area contributed by atoms with Crippen molar-refractivity contribution < 1.29 is 5.11 Å². The largest absolute Gasteiger partial charge is 0.394 e. The molecule has 1 unspecified atom stereocenters. The molecule has 0 amide bonds. The molecule has 1 rings (SSSR count). The molecule has 0 heterocycles. The van der Waals surface area contributed by atoms with Crippen LogP contribution in [-0.2, 0) is 0 Å². The number of rotatable bonds is 4. The Hall–Kier alpha value is -1.13. The van der Waals surface area contributed by atoms with Crippen LogP contribution in [0.2, 0.25) is 0 Å². The quantitative estimate of drug-likeness (QED) is 0.703. The standard InChI is InChI=1S/C12H18N2OS/c1-3-10(8-15)13-12(16)14-11-6-4-5-9(2)7-11/h4-7,10,15H,3,8H2,1-2H3,(H2,13,14,16). The molecule has 0 bridgehead atoms. The van der Waals surface area contributed by atoms with Crippen LogP contribution in [0, 0.1) is 6.92 Å². The highest BCUT2D eigenvalue weighted by molar-refractivity contribution is 7.80. The van der Waals surface area contributed by atoms with Crippen molar-refractivity contribution in [3.8, 4) is 0 Å². The van der Waals surface area contributed by atoms with Crippen LogP contribution in [-0.4, -0.2) is 22.9 Å². The Kier molecular flexibility index (Phi) is 5.22. The summed E-state index contributed by atoms with van der Waals surface area (Å²) in [6, 6.07) is 8.01. The summed E-state index contributed by atoms with van der Waals surface area (Å²) in [5, 5.41) is 15.7. The first kappa shape index (κ1) is 12.9. The van der Waals surface area contributed by atoms with E-state index in [1.54, 1.807) is 0 Å². The summed E-state index contributed by atoms with van der Waals surface area (Å²) in [7, 11) is 0. The Bertz CT molecular complexity index is 351. The highest BCUT2D eigenvalue weighted by Crippen LogP contribution is 2.09. The van der Waals surface area contributed by atoms with E-state index < -0.39 is 0 Å². The maximum atomic E-state index is 9.04. The molecule has 0 aliphatic heterocycles. The molecule has 0 saturated carbocycles. The van der Waals surface area contributed by atoms with Gasteiger partial charge in [0.1, 0.15) is 0 Å². The number of anilines is 1. The van der Waals surface area contributed by atoms with Gasteiger partial charge in [-0.3, -0.25) is 0 Å². The summed E-state index contributed by atoms with van der Waals surface area (Å²) in [5.41, 5.74) is 2.15. The first-order chi connectivity index (χ1) is 7.65. The zero-order valence-electron chi connectivity index (χ0n) is 9.66. The van der Waals surface area contributed by atoms with Crippen molar-refractivity contribution in [2.75, 3.05) is 11.9 Å². The lowest BCUT2D eigenvalue weighted by Gasteiger charge is -2.17. The third-order valence-corrected chi connectivity index (χ3v) is 2.54. The Morgan fingerprint density at radius 1 is 1.50 bits per heavy atom. The van der Waals surface area contributed by atoms with Crippen LogP contribution in [0.5, 0.6) is 0 Å². The van der Waals surface area contributed by atoms with E-state index >= 15 is 0 Å². The van der Waals surface area contributed by atoms with Gasteiger partial charge in [0.05, 0.1) is 12.6 Å². The topological polar surface area (TPSA) is 44.3 Å². The number of hydrogen-bond donors (Lipinski definition) is 3. The molecule has 1 aromatic carbocycles. The van der Waals surface area contributed by atoms with E-state index in [1.165, 1.54) is 5.56 Å². The molecule has 0 fully saturated rings. The molecule has 0 radical (unpaired) electrons.